The molecule has 0 aliphatic heterocycles. The average Bonchev–Trinajstić information content (AvgIpc) is 2.51. The standard InChI is InChI=1S/C14H13ClFN3O4S/c15-10-1-6-14(13(16)9-10)24(22,23)18-8-7-17-11-2-4-12(5-3-11)19(20)21/h1-6,9,17-18H,7-8H2. The zero-order valence-corrected chi connectivity index (χ0v) is 13.8. The Morgan fingerprint density at radius 3 is 2.38 bits per heavy atom. The van der Waals surface area contributed by atoms with Crippen LogP contribution >= 0.6 is 11.6 Å². The summed E-state index contributed by atoms with van der Waals surface area (Å²) >= 11 is 5.58. The molecule has 0 spiro atoms. The topological polar surface area (TPSA) is 101 Å². The van der Waals surface area contributed by atoms with Gasteiger partial charge in [-0.25, -0.2) is 17.5 Å². The van der Waals surface area contributed by atoms with E-state index in [1.165, 1.54) is 30.3 Å². The van der Waals surface area contributed by atoms with Crippen LogP contribution in [0.2, 0.25) is 5.02 Å². The van der Waals surface area contributed by atoms with Gasteiger partial charge in [0.1, 0.15) is 10.7 Å². The molecule has 0 heterocycles. The van der Waals surface area contributed by atoms with Crippen molar-refractivity contribution in [2.24, 2.45) is 0 Å². The molecular weight excluding hydrogens is 361 g/mol. The Kier molecular flexibility index (Phi) is 5.71. The average molecular weight is 374 g/mol. The largest absolute Gasteiger partial charge is 0.384 e. The van der Waals surface area contributed by atoms with E-state index in [0.717, 1.165) is 12.1 Å². The van der Waals surface area contributed by atoms with E-state index in [1.807, 2.05) is 0 Å². The SMILES string of the molecule is O=[N+]([O-])c1ccc(NCCNS(=O)(=O)c2ccc(Cl)cc2F)cc1. The second-order valence-electron chi connectivity index (χ2n) is 4.70. The van der Waals surface area contributed by atoms with Crippen molar-refractivity contribution >= 4 is 33.0 Å². The van der Waals surface area contributed by atoms with Gasteiger partial charge in [0.25, 0.3) is 5.69 Å². The molecule has 24 heavy (non-hydrogen) atoms. The first-order chi connectivity index (χ1) is 11.3. The van der Waals surface area contributed by atoms with Crippen LogP contribution in [-0.2, 0) is 10.0 Å². The van der Waals surface area contributed by atoms with E-state index >= 15 is 0 Å². The lowest BCUT2D eigenvalue weighted by Gasteiger charge is -2.09. The fourth-order valence-corrected chi connectivity index (χ4v) is 3.11. The van der Waals surface area contributed by atoms with Gasteiger partial charge in [-0.05, 0) is 30.3 Å². The second kappa shape index (κ2) is 7.56. The highest BCUT2D eigenvalue weighted by Crippen LogP contribution is 2.19. The molecule has 0 saturated carbocycles. The molecule has 10 heteroatoms. The number of nitrogens with zero attached hydrogens (tertiary/aromatic N) is 1. The Labute approximate surface area is 142 Å². The van der Waals surface area contributed by atoms with Gasteiger partial charge in [-0.15, -0.1) is 0 Å². The molecule has 2 rings (SSSR count). The van der Waals surface area contributed by atoms with Crippen LogP contribution < -0.4 is 10.0 Å². The zero-order chi connectivity index (χ0) is 17.7. The minimum Gasteiger partial charge on any atom is -0.384 e. The molecule has 0 amide bonds. The van der Waals surface area contributed by atoms with Crippen molar-refractivity contribution in [3.8, 4) is 0 Å². The lowest BCUT2D eigenvalue weighted by atomic mass is 10.3. The van der Waals surface area contributed by atoms with E-state index in [4.69, 9.17) is 11.6 Å². The summed E-state index contributed by atoms with van der Waals surface area (Å²) in [5.41, 5.74) is 0.553. The van der Waals surface area contributed by atoms with Crippen molar-refractivity contribution in [3.63, 3.8) is 0 Å². The highest BCUT2D eigenvalue weighted by Gasteiger charge is 2.18. The number of sulfonamides is 1. The van der Waals surface area contributed by atoms with Crippen LogP contribution in [0.5, 0.6) is 0 Å². The molecule has 7 nitrogen and oxygen atoms in total. The molecule has 0 saturated heterocycles. The van der Waals surface area contributed by atoms with Crippen LogP contribution in [0.15, 0.2) is 47.4 Å². The molecule has 0 bridgehead atoms. The fourth-order valence-electron chi connectivity index (χ4n) is 1.86. The number of nitro groups is 1. The van der Waals surface area contributed by atoms with E-state index in [2.05, 4.69) is 10.0 Å². The van der Waals surface area contributed by atoms with Gasteiger partial charge in [0.15, 0.2) is 0 Å². The van der Waals surface area contributed by atoms with Crippen LogP contribution in [0.4, 0.5) is 15.8 Å². The van der Waals surface area contributed by atoms with E-state index < -0.39 is 25.7 Å². The van der Waals surface area contributed by atoms with Crippen LogP contribution in [0.25, 0.3) is 0 Å². The summed E-state index contributed by atoms with van der Waals surface area (Å²) < 4.78 is 39.9. The highest BCUT2D eigenvalue weighted by atomic mass is 35.5. The summed E-state index contributed by atoms with van der Waals surface area (Å²) in [6.45, 7) is 0.216. The number of nitrogens with one attached hydrogen (secondary N) is 2. The van der Waals surface area contributed by atoms with E-state index in [1.54, 1.807) is 0 Å². The van der Waals surface area contributed by atoms with Crippen molar-refractivity contribution in [2.45, 2.75) is 4.90 Å². The third kappa shape index (κ3) is 4.63. The Bertz CT molecular complexity index is 844. The molecule has 0 fully saturated rings. The van der Waals surface area contributed by atoms with Crippen LogP contribution in [-0.4, -0.2) is 26.4 Å². The van der Waals surface area contributed by atoms with Crippen LogP contribution in [0, 0.1) is 15.9 Å². The summed E-state index contributed by atoms with van der Waals surface area (Å²) in [5.74, 6) is -0.932. The zero-order valence-electron chi connectivity index (χ0n) is 12.2. The minimum atomic E-state index is -3.99. The molecule has 0 aromatic heterocycles. The summed E-state index contributed by atoms with van der Waals surface area (Å²) in [6.07, 6.45) is 0. The van der Waals surface area contributed by atoms with E-state index in [-0.39, 0.29) is 23.8 Å². The molecule has 0 atom stereocenters. The Hall–Kier alpha value is -2.23. The smallest absolute Gasteiger partial charge is 0.269 e. The molecular formula is C14H13ClFN3O4S. The van der Waals surface area contributed by atoms with Crippen molar-refractivity contribution in [1.29, 1.82) is 0 Å². The number of halogens is 2. The first-order valence-electron chi connectivity index (χ1n) is 6.72. The highest BCUT2D eigenvalue weighted by molar-refractivity contribution is 7.89. The summed E-state index contributed by atoms with van der Waals surface area (Å²) in [6, 6.07) is 8.96. The predicted molar refractivity (Wildman–Crippen MR) is 88.2 cm³/mol. The van der Waals surface area contributed by atoms with E-state index in [0.29, 0.717) is 5.69 Å². The van der Waals surface area contributed by atoms with Crippen LogP contribution in [0.3, 0.4) is 0 Å². The fraction of sp³-hybridized carbons (Fsp3) is 0.143. The van der Waals surface area contributed by atoms with Gasteiger partial charge >= 0.3 is 0 Å². The second-order valence-corrected chi connectivity index (χ2v) is 6.88. The van der Waals surface area contributed by atoms with Crippen molar-refractivity contribution in [1.82, 2.24) is 4.72 Å². The molecule has 2 aromatic rings. The summed E-state index contributed by atoms with van der Waals surface area (Å²) in [4.78, 5) is 9.54. The summed E-state index contributed by atoms with van der Waals surface area (Å²) in [5, 5.41) is 13.5. The maximum atomic E-state index is 13.6. The minimum absolute atomic E-state index is 0.00138. The molecule has 0 unspecified atom stereocenters. The Balaban J connectivity index is 1.90. The first-order valence-corrected chi connectivity index (χ1v) is 8.59. The van der Waals surface area contributed by atoms with Crippen LogP contribution in [0.1, 0.15) is 0 Å². The number of hydrogen-bond donors (Lipinski definition) is 2. The maximum Gasteiger partial charge on any atom is 0.269 e. The van der Waals surface area contributed by atoms with Gasteiger partial charge in [0, 0.05) is 35.9 Å². The van der Waals surface area contributed by atoms with Crippen molar-refractivity contribution in [2.75, 3.05) is 18.4 Å². The van der Waals surface area contributed by atoms with Crippen molar-refractivity contribution in [3.05, 3.63) is 63.4 Å². The number of benzene rings is 2. The third-order valence-corrected chi connectivity index (χ3v) is 4.74. The normalized spacial score (nSPS) is 11.2. The number of nitro benzene ring substituents is 1. The molecule has 0 aliphatic carbocycles. The Morgan fingerprint density at radius 2 is 1.79 bits per heavy atom. The molecule has 2 aromatic carbocycles. The number of hydrogen-bond acceptors (Lipinski definition) is 5. The summed E-state index contributed by atoms with van der Waals surface area (Å²) in [7, 11) is -3.99. The third-order valence-electron chi connectivity index (χ3n) is 3.01. The number of rotatable bonds is 7. The van der Waals surface area contributed by atoms with Crippen molar-refractivity contribution < 1.29 is 17.7 Å². The maximum absolute atomic E-state index is 13.6. The lowest BCUT2D eigenvalue weighted by Crippen LogP contribution is -2.29. The molecule has 0 aliphatic rings. The van der Waals surface area contributed by atoms with Gasteiger partial charge in [-0.2, -0.15) is 0 Å². The Morgan fingerprint density at radius 1 is 1.12 bits per heavy atom. The molecule has 0 radical (unpaired) electrons. The van der Waals surface area contributed by atoms with Gasteiger partial charge in [-0.1, -0.05) is 11.6 Å². The van der Waals surface area contributed by atoms with E-state index in [9.17, 15) is 22.9 Å². The van der Waals surface area contributed by atoms with Gasteiger partial charge in [0.05, 0.1) is 4.92 Å². The lowest BCUT2D eigenvalue weighted by molar-refractivity contribution is -0.384. The quantitative estimate of drug-likeness (QED) is 0.441. The molecule has 128 valence electrons. The molecule has 2 N–H and O–H groups in total. The van der Waals surface area contributed by atoms with Gasteiger partial charge in [-0.3, -0.25) is 10.1 Å². The predicted octanol–water partition coefficient (Wildman–Crippen LogP) is 2.78. The monoisotopic (exact) mass is 373 g/mol. The number of anilines is 1. The van der Waals surface area contributed by atoms with Gasteiger partial charge in [0.2, 0.25) is 10.0 Å². The van der Waals surface area contributed by atoms with Gasteiger partial charge < -0.3 is 5.32 Å². The first kappa shape index (κ1) is 18.1. The number of non-ortho nitro benzene ring substituents is 1.